The van der Waals surface area contributed by atoms with Crippen LogP contribution in [0, 0.1) is 0 Å². The van der Waals surface area contributed by atoms with Gasteiger partial charge >= 0.3 is 0 Å². The smallest absolute Gasteiger partial charge is 0.220 e. The van der Waals surface area contributed by atoms with Gasteiger partial charge in [0.15, 0.2) is 6.29 Å². The Balaban J connectivity index is 2.28. The van der Waals surface area contributed by atoms with Crippen LogP contribution in [-0.2, 0) is 14.3 Å². The zero-order chi connectivity index (χ0) is 45.1. The van der Waals surface area contributed by atoms with Crippen molar-refractivity contribution in [3.05, 3.63) is 36.5 Å². The number of aliphatic hydroxyl groups is 5. The Labute approximate surface area is 381 Å². The molecular weight excluding hydrogens is 779 g/mol. The number of carbonyl (C=O) groups is 1. The molecule has 1 rings (SSSR count). The molecule has 1 amide bonds. The van der Waals surface area contributed by atoms with Gasteiger partial charge in [-0.15, -0.1) is 0 Å². The molecule has 6 N–H and O–H groups in total. The Morgan fingerprint density at radius 1 is 0.532 bits per heavy atom. The van der Waals surface area contributed by atoms with Gasteiger partial charge in [-0.3, -0.25) is 4.79 Å². The zero-order valence-corrected chi connectivity index (χ0v) is 40.1. The quantitative estimate of drug-likeness (QED) is 0.0262. The van der Waals surface area contributed by atoms with Crippen molar-refractivity contribution in [2.75, 3.05) is 13.2 Å². The van der Waals surface area contributed by atoms with Crippen molar-refractivity contribution in [1.82, 2.24) is 5.32 Å². The summed E-state index contributed by atoms with van der Waals surface area (Å²) < 4.78 is 11.2. The fourth-order valence-corrected chi connectivity index (χ4v) is 8.25. The number of carbonyl (C=O) groups excluding carboxylic acids is 1. The molecule has 1 aliphatic heterocycles. The maximum Gasteiger partial charge on any atom is 0.220 e. The highest BCUT2D eigenvalue weighted by Gasteiger charge is 2.44. The second kappa shape index (κ2) is 43.3. The molecule has 0 saturated carbocycles. The van der Waals surface area contributed by atoms with Crippen molar-refractivity contribution >= 4 is 5.91 Å². The lowest BCUT2D eigenvalue weighted by atomic mass is 9.99. The Kier molecular flexibility index (Phi) is 40.8. The highest BCUT2D eigenvalue weighted by molar-refractivity contribution is 5.76. The van der Waals surface area contributed by atoms with Crippen LogP contribution >= 0.6 is 0 Å². The number of rotatable bonds is 44. The van der Waals surface area contributed by atoms with Crippen molar-refractivity contribution in [1.29, 1.82) is 0 Å². The van der Waals surface area contributed by atoms with E-state index in [1.165, 1.54) is 173 Å². The van der Waals surface area contributed by atoms with Crippen LogP contribution in [0.4, 0.5) is 0 Å². The molecule has 7 atom stereocenters. The molecule has 0 aromatic rings. The first-order valence-electron chi connectivity index (χ1n) is 26.2. The predicted molar refractivity (Wildman–Crippen MR) is 258 cm³/mol. The Morgan fingerprint density at radius 2 is 0.919 bits per heavy atom. The van der Waals surface area contributed by atoms with Crippen LogP contribution < -0.4 is 5.32 Å². The minimum Gasteiger partial charge on any atom is -0.394 e. The lowest BCUT2D eigenvalue weighted by Crippen LogP contribution is -2.60. The molecule has 1 aliphatic rings. The molecule has 0 aromatic carbocycles. The molecule has 364 valence electrons. The average molecular weight is 878 g/mol. The van der Waals surface area contributed by atoms with Gasteiger partial charge in [0, 0.05) is 6.42 Å². The van der Waals surface area contributed by atoms with Crippen LogP contribution in [0.2, 0.25) is 0 Å². The van der Waals surface area contributed by atoms with Crippen molar-refractivity contribution in [3.63, 3.8) is 0 Å². The van der Waals surface area contributed by atoms with E-state index >= 15 is 0 Å². The number of hydrogen-bond donors (Lipinski definition) is 6. The fraction of sp³-hybridized carbons (Fsp3) is 0.868. The summed E-state index contributed by atoms with van der Waals surface area (Å²) in [6.07, 6.45) is 47.8. The molecule has 0 bridgehead atoms. The molecule has 0 spiro atoms. The number of ether oxygens (including phenoxy) is 2. The topological polar surface area (TPSA) is 149 Å². The van der Waals surface area contributed by atoms with Crippen molar-refractivity contribution in [3.8, 4) is 0 Å². The second-order valence-electron chi connectivity index (χ2n) is 18.3. The largest absolute Gasteiger partial charge is 0.394 e. The molecule has 1 fully saturated rings. The summed E-state index contributed by atoms with van der Waals surface area (Å²) in [4.78, 5) is 13.0. The summed E-state index contributed by atoms with van der Waals surface area (Å²) in [5.41, 5.74) is 0. The van der Waals surface area contributed by atoms with Gasteiger partial charge in [-0.2, -0.15) is 0 Å². The van der Waals surface area contributed by atoms with Gasteiger partial charge in [0.2, 0.25) is 5.91 Å². The summed E-state index contributed by atoms with van der Waals surface area (Å²) in [5.74, 6) is -0.190. The van der Waals surface area contributed by atoms with E-state index in [1.54, 1.807) is 6.08 Å². The molecule has 1 heterocycles. The van der Waals surface area contributed by atoms with Crippen molar-refractivity contribution in [2.24, 2.45) is 0 Å². The third-order valence-corrected chi connectivity index (χ3v) is 12.4. The SMILES string of the molecule is CCCCCCCCCCCCCCCCCC/C=C/CC/C=C/CC/C=C/C(O)C(COC1OC(CO)C(O)C(O)C1O)NC(=O)CCCCCCCCCCCCCCC. The number of unbranched alkanes of at least 4 members (excludes halogenated alkanes) is 30. The Bertz CT molecular complexity index is 1070. The summed E-state index contributed by atoms with van der Waals surface area (Å²) in [5, 5.41) is 54.3. The molecule has 1 saturated heterocycles. The van der Waals surface area contributed by atoms with Gasteiger partial charge in [0.1, 0.15) is 24.4 Å². The molecule has 7 unspecified atom stereocenters. The monoisotopic (exact) mass is 878 g/mol. The predicted octanol–water partition coefficient (Wildman–Crippen LogP) is 12.0. The lowest BCUT2D eigenvalue weighted by Gasteiger charge is -2.40. The molecule has 0 aromatic heterocycles. The number of amides is 1. The summed E-state index contributed by atoms with van der Waals surface area (Å²) >= 11 is 0. The van der Waals surface area contributed by atoms with Gasteiger partial charge in [-0.05, 0) is 44.9 Å². The third-order valence-electron chi connectivity index (χ3n) is 12.4. The van der Waals surface area contributed by atoms with Gasteiger partial charge in [0.05, 0.1) is 25.4 Å². The molecule has 62 heavy (non-hydrogen) atoms. The standard InChI is InChI=1S/C53H99NO8/c1-3-5-7-9-11-13-15-17-18-19-20-21-22-23-24-25-26-27-28-29-31-32-34-36-38-40-42-47(56)46(45-61-53-52(60)51(59)50(58)48(44-55)62-53)54-49(57)43-41-39-37-35-33-30-16-14-12-10-8-6-4-2/h27-28,32,34,40,42,46-48,50-53,55-56,58-60H,3-26,29-31,33,35-39,41,43-45H2,1-2H3,(H,54,57)/b28-27+,34-32+,42-40+. The number of hydrogen-bond acceptors (Lipinski definition) is 8. The Morgan fingerprint density at radius 3 is 1.35 bits per heavy atom. The number of nitrogens with one attached hydrogen (secondary N) is 1. The minimum absolute atomic E-state index is 0.190. The van der Waals surface area contributed by atoms with Crippen LogP contribution in [0.3, 0.4) is 0 Å². The van der Waals surface area contributed by atoms with E-state index in [1.807, 2.05) is 6.08 Å². The van der Waals surface area contributed by atoms with Crippen LogP contribution in [0.25, 0.3) is 0 Å². The first kappa shape index (κ1) is 58.4. The van der Waals surface area contributed by atoms with Crippen LogP contribution in [-0.4, -0.2) is 87.5 Å². The second-order valence-corrected chi connectivity index (χ2v) is 18.3. The van der Waals surface area contributed by atoms with Gasteiger partial charge in [0.25, 0.3) is 0 Å². The van der Waals surface area contributed by atoms with E-state index in [0.717, 1.165) is 44.9 Å². The highest BCUT2D eigenvalue weighted by Crippen LogP contribution is 2.23. The van der Waals surface area contributed by atoms with E-state index in [9.17, 15) is 30.3 Å². The normalized spacial score (nSPS) is 20.5. The Hall–Kier alpha value is -1.59. The van der Waals surface area contributed by atoms with Crippen LogP contribution in [0.1, 0.15) is 239 Å². The van der Waals surface area contributed by atoms with Gasteiger partial charge in [-0.1, -0.05) is 224 Å². The number of allylic oxidation sites excluding steroid dienone is 5. The fourth-order valence-electron chi connectivity index (χ4n) is 8.25. The van der Waals surface area contributed by atoms with Crippen molar-refractivity contribution < 1.29 is 39.8 Å². The summed E-state index contributed by atoms with van der Waals surface area (Å²) in [6.45, 7) is 3.76. The highest BCUT2D eigenvalue weighted by atomic mass is 16.7. The number of aliphatic hydroxyl groups excluding tert-OH is 5. The van der Waals surface area contributed by atoms with Crippen LogP contribution in [0.15, 0.2) is 36.5 Å². The van der Waals surface area contributed by atoms with E-state index in [4.69, 9.17) is 9.47 Å². The summed E-state index contributed by atoms with van der Waals surface area (Å²) in [7, 11) is 0. The van der Waals surface area contributed by atoms with E-state index in [0.29, 0.717) is 6.42 Å². The average Bonchev–Trinajstić information content (AvgIpc) is 3.27. The molecular formula is C53H99NO8. The lowest BCUT2D eigenvalue weighted by molar-refractivity contribution is -0.302. The third kappa shape index (κ3) is 33.0. The van der Waals surface area contributed by atoms with E-state index < -0.39 is 49.5 Å². The maximum atomic E-state index is 13.0. The minimum atomic E-state index is -1.57. The van der Waals surface area contributed by atoms with Gasteiger partial charge in [-0.25, -0.2) is 0 Å². The molecule has 0 aliphatic carbocycles. The van der Waals surface area contributed by atoms with E-state index in [-0.39, 0.29) is 12.5 Å². The van der Waals surface area contributed by atoms with Crippen molar-refractivity contribution in [2.45, 2.75) is 281 Å². The van der Waals surface area contributed by atoms with Crippen LogP contribution in [0.5, 0.6) is 0 Å². The first-order chi connectivity index (χ1) is 30.3. The molecule has 9 nitrogen and oxygen atoms in total. The zero-order valence-electron chi connectivity index (χ0n) is 40.1. The molecule has 0 radical (unpaired) electrons. The van der Waals surface area contributed by atoms with Gasteiger partial charge < -0.3 is 40.3 Å². The van der Waals surface area contributed by atoms with E-state index in [2.05, 4.69) is 43.5 Å². The summed E-state index contributed by atoms with van der Waals surface area (Å²) in [6, 6.07) is -0.824. The first-order valence-corrected chi connectivity index (χ1v) is 26.2. The maximum absolute atomic E-state index is 13.0. The molecule has 9 heteroatoms.